The summed E-state index contributed by atoms with van der Waals surface area (Å²) in [5, 5.41) is 1.94. The van der Waals surface area contributed by atoms with Crippen LogP contribution in [0.25, 0.3) is 34.0 Å². The maximum atomic E-state index is 15.3. The lowest BCUT2D eigenvalue weighted by Gasteiger charge is -2.48. The van der Waals surface area contributed by atoms with Crippen LogP contribution in [0.4, 0.5) is 9.59 Å². The number of allylic oxidation sites excluding steroid dienone is 1. The second-order valence-electron chi connectivity index (χ2n) is 42.4. The quantitative estimate of drug-likeness (QED) is 0.0299. The minimum absolute atomic E-state index is 0.00650. The highest BCUT2D eigenvalue weighted by Gasteiger charge is 2.62. The number of likely N-dealkylation sites (tertiary alicyclic amines) is 2. The number of aromatic nitrogens is 4. The standard InChI is InChI=1S/C56H76N4O11.C52H64N4O11.C7H16N2/c1-12-45-56(8)49(60(54(65)71-56)28-26-42-24-18-27-59(42)11)36(4)46(61)34(2)32-55(7,66-29-19-20-39-31-41-23-16-17-25-43(41)57-33-39)50(37(5)47(62)38(6)51(63)68-45)70-53-48(44(58(9)10)30-35(3)67-53)69-52(64)40-21-14-13-15-22-40;1-11-42-51(7,67-50(61)56-24-23-53-31-56)28-32(2)43(57)33(3)29-52(8,62-25-17-18-37-27-39-21-15-16-22-40(39)54-30-37)46(35(5)44(58)36(6)47(59)64-42)66-49-45(41(55(9)10)26-34(4)63-49)65-48(60)38-19-13-12-14-20-38;1-9-6-2-3-7(9)4-5-8/h13-17,19-23,25,31,33-38,42,44-45,48-50,53H,12,18,24,26-30,32H2,1-11H3;12-24,27-28,30-31,33-36,41-42,45-46,49H,11,25-26,29H2,1-10H3;7H,2-6,8H2,1H3/b20-19+;18-17+,32-28+;/t34-,35-,36+,37+,38-,42+,44+,45-,48-,49-,50-,53+,55-,56-;33-,34-,35+,36-,41+,42-,45-,46-,49+,51+,52-;7-/m110/s1. The van der Waals surface area contributed by atoms with Crippen molar-refractivity contribution in [3.8, 4) is 0 Å². The van der Waals surface area contributed by atoms with E-state index in [-0.39, 0.29) is 86.4 Å². The SMILES string of the molecule is CC[C@H]1OC(=O)[C@H](C)C(=O)[C@H](C)[C@@H](O[C@@H]2O[C@H](C)C[C@H](N(C)C)[C@H]2OC(=O)c2ccccc2)[C@](C)(OC/C=C/c2cnc3ccccc3c2)C[C@@H](C)C(=O)/C(C)=C/[C@]1(C)OC(=O)n1ccnc1.CC[C@H]1OC(=O)[C@H](C)C(=O)[C@H](C)[C@@H](O[C@@H]2O[C@H](C)C[C@H](N(C)C)[C@H]2OC(=O)c2ccccc2)[C@](C)(OC/C=C/c2cnc3ccccc3c2)C[C@@H](C)C(=O)[C@H](C)[C@H]2N(CC[C@@H]3CCCN3C)C(=O)O[C@]12C.CN1CCC[C@H]1CCN. The fraction of sp³-hybridized carbons (Fsp3) is 0.574. The van der Waals surface area contributed by atoms with Crippen molar-refractivity contribution >= 4 is 93.2 Å². The van der Waals surface area contributed by atoms with Crippen LogP contribution in [0, 0.1) is 41.4 Å². The van der Waals surface area contributed by atoms with E-state index in [0.29, 0.717) is 36.9 Å². The van der Waals surface area contributed by atoms with Crippen LogP contribution in [-0.4, -0.2) is 299 Å². The summed E-state index contributed by atoms with van der Waals surface area (Å²) in [5.41, 5.74) is 3.79. The molecule has 0 saturated carbocycles. The Kier molecular flexibility index (Phi) is 40.2. The Hall–Kier alpha value is -11.0. The number of pyridine rings is 2. The summed E-state index contributed by atoms with van der Waals surface area (Å²) in [5.74, 6) is -11.4. The lowest BCUT2D eigenvalue weighted by Crippen LogP contribution is -2.61. The largest absolute Gasteiger partial charge is 0.458 e. The minimum atomic E-state index is -1.65. The maximum absolute atomic E-state index is 15.3. The summed E-state index contributed by atoms with van der Waals surface area (Å²) in [6.45, 7) is 31.1. The molecule has 10 heterocycles. The molecule has 0 bridgehead atoms. The first kappa shape index (κ1) is 115. The van der Waals surface area contributed by atoms with Gasteiger partial charge in [0.25, 0.3) is 0 Å². The van der Waals surface area contributed by atoms with Gasteiger partial charge in [0.15, 0.2) is 53.3 Å². The van der Waals surface area contributed by atoms with Gasteiger partial charge in [-0.3, -0.25) is 38.7 Å². The zero-order valence-electron chi connectivity index (χ0n) is 89.8. The molecular weight excluding hydrogens is 1870 g/mol. The maximum Gasteiger partial charge on any atom is 0.420 e. The number of Topliss-reactive ketones (excluding diaryl/α,β-unsaturated/α-hetero) is 4. The molecular formula is C115H156N10O22. The van der Waals surface area contributed by atoms with Crippen molar-refractivity contribution in [1.82, 2.24) is 44.0 Å². The van der Waals surface area contributed by atoms with Gasteiger partial charge < -0.3 is 87.1 Å². The summed E-state index contributed by atoms with van der Waals surface area (Å²) in [4.78, 5) is 167. The van der Waals surface area contributed by atoms with Crippen LogP contribution in [0.1, 0.15) is 220 Å². The lowest BCUT2D eigenvalue weighted by atomic mass is 9.73. The molecule has 1 amide bonds. The topological polar surface area (TPSA) is 367 Å². The number of para-hydroxylation sites is 2. The Labute approximate surface area is 866 Å². The molecule has 0 unspecified atom stereocenters. The Morgan fingerprint density at radius 2 is 1.01 bits per heavy atom. The van der Waals surface area contributed by atoms with E-state index in [1.54, 1.807) is 127 Å². The van der Waals surface area contributed by atoms with E-state index in [2.05, 4.69) is 38.8 Å². The molecule has 798 valence electrons. The molecule has 7 aliphatic rings. The van der Waals surface area contributed by atoms with E-state index >= 15 is 9.59 Å². The number of benzene rings is 4. The predicted molar refractivity (Wildman–Crippen MR) is 559 cm³/mol. The van der Waals surface area contributed by atoms with Crippen molar-refractivity contribution in [1.29, 1.82) is 0 Å². The van der Waals surface area contributed by atoms with Gasteiger partial charge in [-0.1, -0.05) is 146 Å². The molecule has 147 heavy (non-hydrogen) atoms. The van der Waals surface area contributed by atoms with Gasteiger partial charge in [-0.2, -0.15) is 0 Å². The molecule has 7 aromatic rings. The number of hydrogen-bond donors (Lipinski definition) is 1. The monoisotopic (exact) mass is 2030 g/mol. The van der Waals surface area contributed by atoms with E-state index in [1.807, 2.05) is 171 Å². The summed E-state index contributed by atoms with van der Waals surface area (Å²) in [6, 6.07) is 36.4. The van der Waals surface area contributed by atoms with E-state index in [9.17, 15) is 38.4 Å². The van der Waals surface area contributed by atoms with E-state index in [4.69, 9.17) is 62.6 Å². The van der Waals surface area contributed by atoms with Crippen LogP contribution in [0.5, 0.6) is 0 Å². The number of imidazole rings is 1. The molecule has 26 atom stereocenters. The van der Waals surface area contributed by atoms with Crippen LogP contribution in [0.3, 0.4) is 0 Å². The molecule has 0 radical (unpaired) electrons. The number of amides is 1. The number of carbonyl (C=O) groups is 10. The Balaban J connectivity index is 0.000000240. The molecule has 32 heteroatoms. The number of carbonyl (C=O) groups excluding carboxylic acids is 10. The van der Waals surface area contributed by atoms with Crippen molar-refractivity contribution in [3.63, 3.8) is 0 Å². The second kappa shape index (κ2) is 51.5. The fourth-order valence-corrected chi connectivity index (χ4v) is 22.5. The molecule has 32 nitrogen and oxygen atoms in total. The molecule has 6 fully saturated rings. The van der Waals surface area contributed by atoms with Gasteiger partial charge in [0.05, 0.1) is 89.1 Å². The average molecular weight is 2030 g/mol. The third-order valence-corrected chi connectivity index (χ3v) is 30.7. The Bertz CT molecular complexity index is 5730. The smallest absolute Gasteiger partial charge is 0.420 e. The predicted octanol–water partition coefficient (Wildman–Crippen LogP) is 16.7. The molecule has 2 N–H and O–H groups in total. The zero-order chi connectivity index (χ0) is 107. The van der Waals surface area contributed by atoms with Gasteiger partial charge in [0.2, 0.25) is 0 Å². The van der Waals surface area contributed by atoms with Gasteiger partial charge in [-0.05, 0) is 273 Å². The third-order valence-electron chi connectivity index (χ3n) is 30.7. The van der Waals surface area contributed by atoms with Crippen molar-refractivity contribution in [3.05, 3.63) is 198 Å². The highest BCUT2D eigenvalue weighted by atomic mass is 16.7. The zero-order valence-corrected chi connectivity index (χ0v) is 89.8. The number of cyclic esters (lactones) is 2. The van der Waals surface area contributed by atoms with Crippen LogP contribution in [0.15, 0.2) is 176 Å². The van der Waals surface area contributed by atoms with Crippen molar-refractivity contribution in [2.75, 3.05) is 81.7 Å². The van der Waals surface area contributed by atoms with Gasteiger partial charge >= 0.3 is 36.1 Å². The van der Waals surface area contributed by atoms with Gasteiger partial charge in [0, 0.05) is 83.8 Å². The molecule has 7 aliphatic heterocycles. The highest BCUT2D eigenvalue weighted by Crippen LogP contribution is 2.46. The summed E-state index contributed by atoms with van der Waals surface area (Å²) < 4.78 is 79.5. The van der Waals surface area contributed by atoms with Gasteiger partial charge in [0.1, 0.15) is 36.2 Å². The van der Waals surface area contributed by atoms with Crippen LogP contribution in [-0.2, 0) is 85.6 Å². The van der Waals surface area contributed by atoms with Crippen molar-refractivity contribution < 1.29 is 105 Å². The first-order chi connectivity index (χ1) is 69.9. The highest BCUT2D eigenvalue weighted by molar-refractivity contribution is 6.01. The van der Waals surface area contributed by atoms with Crippen LogP contribution >= 0.6 is 0 Å². The average Bonchev–Trinajstić information content (AvgIpc) is 1.60. The molecule has 3 aromatic heterocycles. The number of fused-ring (bicyclic) bond motifs is 3. The summed E-state index contributed by atoms with van der Waals surface area (Å²) >= 11 is 0. The van der Waals surface area contributed by atoms with Crippen LogP contribution in [0.2, 0.25) is 0 Å². The summed E-state index contributed by atoms with van der Waals surface area (Å²) in [7, 11) is 11.8. The number of hydrogen-bond acceptors (Lipinski definition) is 30. The molecule has 14 rings (SSSR count). The molecule has 6 saturated heterocycles. The number of nitrogens with zero attached hydrogens (tertiary/aromatic N) is 9. The summed E-state index contributed by atoms with van der Waals surface area (Å²) in [6.07, 6.45) is 13.7. The Morgan fingerprint density at radius 1 is 0.565 bits per heavy atom. The minimum Gasteiger partial charge on any atom is -0.458 e. The van der Waals surface area contributed by atoms with Gasteiger partial charge in [-0.15, -0.1) is 0 Å². The van der Waals surface area contributed by atoms with Crippen LogP contribution < -0.4 is 5.73 Å². The number of rotatable bonds is 26. The first-order valence-corrected chi connectivity index (χ1v) is 52.3. The normalized spacial score (nSPS) is 32.6. The Morgan fingerprint density at radius 3 is 1.45 bits per heavy atom. The molecule has 4 aromatic carbocycles. The second-order valence-corrected chi connectivity index (χ2v) is 42.4. The first-order valence-electron chi connectivity index (χ1n) is 52.3. The van der Waals surface area contributed by atoms with E-state index in [1.165, 1.54) is 64.5 Å². The third kappa shape index (κ3) is 28.2. The number of esters is 4. The number of ketones is 4. The van der Waals surface area contributed by atoms with Crippen molar-refractivity contribution in [2.45, 2.75) is 302 Å². The van der Waals surface area contributed by atoms with E-state index < -0.39 is 167 Å². The fourth-order valence-electron chi connectivity index (χ4n) is 22.5. The molecule has 0 spiro atoms. The number of likely N-dealkylation sites (N-methyl/N-ethyl adjacent to an activating group) is 2. The van der Waals surface area contributed by atoms with Crippen molar-refractivity contribution in [2.24, 2.45) is 47.2 Å². The number of ether oxygens (including phenoxy) is 12. The van der Waals surface area contributed by atoms with Gasteiger partial charge in [-0.25, -0.2) is 28.7 Å². The number of nitrogens with two attached hydrogens (primary N) is 1. The molecule has 0 aliphatic carbocycles. The lowest BCUT2D eigenvalue weighted by molar-refractivity contribution is -0.296. The van der Waals surface area contributed by atoms with E-state index in [0.717, 1.165) is 69.5 Å².